The lowest BCUT2D eigenvalue weighted by molar-refractivity contribution is -0.125. The van der Waals surface area contributed by atoms with E-state index in [1.807, 2.05) is 27.0 Å². The van der Waals surface area contributed by atoms with Crippen molar-refractivity contribution in [2.45, 2.75) is 65.0 Å². The quantitative estimate of drug-likeness (QED) is 0.524. The molecule has 2 N–H and O–H groups in total. The number of carbonyl (C=O) groups excluding carboxylic acids is 1. The lowest BCUT2D eigenvalue weighted by Gasteiger charge is -2.34. The minimum Gasteiger partial charge on any atom is -0.495 e. The Hall–Kier alpha value is -2.91. The van der Waals surface area contributed by atoms with E-state index in [-0.39, 0.29) is 5.91 Å². The SMILES string of the molecule is COc1cc(CNCC2CCOCC2)ccc1Nc1ncc2c(n1)N(C1CCCC1)CC(C)(C)C(=O)N2C. The van der Waals surface area contributed by atoms with Gasteiger partial charge in [0.25, 0.3) is 0 Å². The molecule has 0 unspecified atom stereocenters. The van der Waals surface area contributed by atoms with Crippen molar-refractivity contribution in [2.24, 2.45) is 11.3 Å². The zero-order valence-electron chi connectivity index (χ0n) is 23.3. The second-order valence-corrected chi connectivity index (χ2v) is 11.6. The summed E-state index contributed by atoms with van der Waals surface area (Å²) < 4.78 is 11.2. The number of nitrogens with zero attached hydrogens (tertiary/aromatic N) is 4. The average molecular weight is 523 g/mol. The molecule has 206 valence electrons. The summed E-state index contributed by atoms with van der Waals surface area (Å²) in [5.74, 6) is 2.83. The van der Waals surface area contributed by atoms with Crippen LogP contribution < -0.4 is 25.2 Å². The van der Waals surface area contributed by atoms with Gasteiger partial charge in [0.1, 0.15) is 11.4 Å². The third kappa shape index (κ3) is 5.73. The molecule has 1 aromatic heterocycles. The summed E-state index contributed by atoms with van der Waals surface area (Å²) in [6.45, 7) is 8.22. The van der Waals surface area contributed by atoms with E-state index < -0.39 is 5.41 Å². The van der Waals surface area contributed by atoms with Gasteiger partial charge in [0.05, 0.1) is 24.4 Å². The van der Waals surface area contributed by atoms with Crippen LogP contribution in [0.25, 0.3) is 0 Å². The number of hydrogen-bond donors (Lipinski definition) is 2. The van der Waals surface area contributed by atoms with Crippen LogP contribution in [0.4, 0.5) is 23.1 Å². The largest absolute Gasteiger partial charge is 0.495 e. The number of carbonyl (C=O) groups is 1. The number of rotatable bonds is 8. The van der Waals surface area contributed by atoms with Crippen molar-refractivity contribution in [3.8, 4) is 5.75 Å². The molecule has 1 saturated heterocycles. The van der Waals surface area contributed by atoms with Gasteiger partial charge in [-0.3, -0.25) is 4.79 Å². The third-order valence-corrected chi connectivity index (χ3v) is 8.21. The van der Waals surface area contributed by atoms with Crippen LogP contribution in [0.15, 0.2) is 24.4 Å². The van der Waals surface area contributed by atoms with Crippen molar-refractivity contribution in [3.63, 3.8) is 0 Å². The van der Waals surface area contributed by atoms with Crippen molar-refractivity contribution < 1.29 is 14.3 Å². The highest BCUT2D eigenvalue weighted by molar-refractivity contribution is 6.00. The average Bonchev–Trinajstić information content (AvgIpc) is 3.45. The first-order valence-corrected chi connectivity index (χ1v) is 14.0. The second-order valence-electron chi connectivity index (χ2n) is 11.6. The van der Waals surface area contributed by atoms with Crippen molar-refractivity contribution >= 4 is 29.0 Å². The number of ether oxygens (including phenoxy) is 2. The maximum Gasteiger partial charge on any atom is 0.234 e. The highest BCUT2D eigenvalue weighted by Gasteiger charge is 2.41. The molecular formula is C29H42N6O3. The normalized spacial score (nSPS) is 20.4. The Bertz CT molecular complexity index is 1130. The molecular weight excluding hydrogens is 480 g/mol. The lowest BCUT2D eigenvalue weighted by atomic mass is 9.91. The summed E-state index contributed by atoms with van der Waals surface area (Å²) in [5, 5.41) is 6.96. The van der Waals surface area contributed by atoms with Crippen LogP contribution in [0.2, 0.25) is 0 Å². The maximum absolute atomic E-state index is 13.2. The van der Waals surface area contributed by atoms with Crippen molar-refractivity contribution in [3.05, 3.63) is 30.0 Å². The molecule has 2 aliphatic heterocycles. The summed E-state index contributed by atoms with van der Waals surface area (Å²) in [4.78, 5) is 26.9. The topological polar surface area (TPSA) is 91.8 Å². The minimum absolute atomic E-state index is 0.0891. The van der Waals surface area contributed by atoms with E-state index >= 15 is 0 Å². The maximum atomic E-state index is 13.2. The molecule has 38 heavy (non-hydrogen) atoms. The van der Waals surface area contributed by atoms with Crippen LogP contribution in [0.1, 0.15) is 57.9 Å². The molecule has 0 radical (unpaired) electrons. The van der Waals surface area contributed by atoms with Gasteiger partial charge in [0.2, 0.25) is 11.9 Å². The zero-order valence-corrected chi connectivity index (χ0v) is 23.3. The first-order valence-electron chi connectivity index (χ1n) is 14.0. The molecule has 1 saturated carbocycles. The number of methoxy groups -OCH3 is 1. The Morgan fingerprint density at radius 1 is 1.16 bits per heavy atom. The third-order valence-electron chi connectivity index (χ3n) is 8.21. The van der Waals surface area contributed by atoms with Crippen molar-refractivity contribution in [1.29, 1.82) is 0 Å². The highest BCUT2D eigenvalue weighted by atomic mass is 16.5. The van der Waals surface area contributed by atoms with Gasteiger partial charge in [-0.25, -0.2) is 4.98 Å². The molecule has 1 aromatic carbocycles. The van der Waals surface area contributed by atoms with E-state index in [1.54, 1.807) is 18.2 Å². The van der Waals surface area contributed by atoms with E-state index in [1.165, 1.54) is 12.8 Å². The molecule has 3 aliphatic rings. The standard InChI is InChI=1S/C29H42N6O3/c1-29(2)19-35(22-7-5-6-8-22)26-24(34(3)27(29)36)18-31-28(33-26)32-23-10-9-21(15-25(23)37-4)17-30-16-20-11-13-38-14-12-20/h9-10,15,18,20,22,30H,5-8,11-14,16-17,19H2,1-4H3,(H,31,32,33). The Morgan fingerprint density at radius 3 is 2.66 bits per heavy atom. The first kappa shape index (κ1) is 26.7. The number of nitrogens with one attached hydrogen (secondary N) is 2. The van der Waals surface area contributed by atoms with Gasteiger partial charge >= 0.3 is 0 Å². The fraction of sp³-hybridized carbons (Fsp3) is 0.621. The number of fused-ring (bicyclic) bond motifs is 1. The van der Waals surface area contributed by atoms with Crippen LogP contribution in [0.5, 0.6) is 5.75 Å². The summed E-state index contributed by atoms with van der Waals surface area (Å²) in [6, 6.07) is 6.57. The van der Waals surface area contributed by atoms with Gasteiger partial charge in [0, 0.05) is 39.4 Å². The molecule has 1 amide bonds. The van der Waals surface area contributed by atoms with Crippen LogP contribution in [0.3, 0.4) is 0 Å². The van der Waals surface area contributed by atoms with E-state index in [0.29, 0.717) is 24.5 Å². The van der Waals surface area contributed by atoms with Crippen LogP contribution in [-0.2, 0) is 16.1 Å². The van der Waals surface area contributed by atoms with Gasteiger partial charge in [0.15, 0.2) is 5.82 Å². The minimum atomic E-state index is -0.510. The van der Waals surface area contributed by atoms with Crippen LogP contribution in [-0.4, -0.2) is 62.4 Å². The predicted molar refractivity (Wildman–Crippen MR) is 150 cm³/mol. The van der Waals surface area contributed by atoms with Crippen LogP contribution >= 0.6 is 0 Å². The van der Waals surface area contributed by atoms with E-state index in [9.17, 15) is 4.79 Å². The number of aromatic nitrogens is 2. The van der Waals surface area contributed by atoms with Crippen LogP contribution in [0, 0.1) is 11.3 Å². The van der Waals surface area contributed by atoms with Gasteiger partial charge in [-0.15, -0.1) is 0 Å². The Kier molecular flexibility index (Phi) is 8.04. The second kappa shape index (κ2) is 11.5. The first-order chi connectivity index (χ1) is 18.4. The summed E-state index contributed by atoms with van der Waals surface area (Å²) in [6.07, 6.45) is 8.69. The molecule has 2 fully saturated rings. The number of benzene rings is 1. The summed E-state index contributed by atoms with van der Waals surface area (Å²) in [5.41, 5.74) is 2.23. The molecule has 1 aliphatic carbocycles. The Balaban J connectivity index is 1.34. The molecule has 0 atom stereocenters. The summed E-state index contributed by atoms with van der Waals surface area (Å²) >= 11 is 0. The fourth-order valence-electron chi connectivity index (χ4n) is 5.96. The van der Waals surface area contributed by atoms with Gasteiger partial charge in [-0.2, -0.15) is 4.98 Å². The lowest BCUT2D eigenvalue weighted by Crippen LogP contribution is -2.45. The monoisotopic (exact) mass is 522 g/mol. The Labute approximate surface area is 226 Å². The van der Waals surface area contributed by atoms with Crippen molar-refractivity contribution in [2.75, 3.05) is 55.6 Å². The molecule has 3 heterocycles. The van der Waals surface area contributed by atoms with Crippen molar-refractivity contribution in [1.82, 2.24) is 15.3 Å². The molecule has 9 heteroatoms. The van der Waals surface area contributed by atoms with Gasteiger partial charge in [-0.1, -0.05) is 18.9 Å². The predicted octanol–water partition coefficient (Wildman–Crippen LogP) is 4.50. The molecule has 0 spiro atoms. The van der Waals surface area contributed by atoms with E-state index in [0.717, 1.165) is 80.5 Å². The smallest absolute Gasteiger partial charge is 0.234 e. The van der Waals surface area contributed by atoms with Gasteiger partial charge in [-0.05, 0) is 69.7 Å². The van der Waals surface area contributed by atoms with E-state index in [2.05, 4.69) is 32.7 Å². The van der Waals surface area contributed by atoms with Gasteiger partial charge < -0.3 is 29.9 Å². The Morgan fingerprint density at radius 2 is 1.92 bits per heavy atom. The molecule has 5 rings (SSSR count). The molecule has 9 nitrogen and oxygen atoms in total. The highest BCUT2D eigenvalue weighted by Crippen LogP contribution is 2.40. The van der Waals surface area contributed by atoms with E-state index in [4.69, 9.17) is 14.5 Å². The molecule has 2 aromatic rings. The fourth-order valence-corrected chi connectivity index (χ4v) is 5.96. The number of amides is 1. The number of anilines is 4. The summed E-state index contributed by atoms with van der Waals surface area (Å²) in [7, 11) is 3.51. The number of hydrogen-bond acceptors (Lipinski definition) is 8. The zero-order chi connectivity index (χ0) is 26.7. The molecule has 0 bridgehead atoms.